The van der Waals surface area contributed by atoms with E-state index in [1.54, 1.807) is 23.1 Å². The molecule has 0 saturated carbocycles. The molecule has 0 bridgehead atoms. The molecule has 0 aliphatic carbocycles. The number of hydrogen-bond donors (Lipinski definition) is 0. The standard InChI is InChI=1S/C16H14N4OS2/c1-2-21-12-7-5-11(6-8-12)13-10-23-16-18-17-15(20(16)19-13)14-4-3-9-22-14/h3-9H,2,10H2,1H3. The van der Waals surface area contributed by atoms with Gasteiger partial charge in [-0.25, -0.2) is 0 Å². The van der Waals surface area contributed by atoms with E-state index >= 15 is 0 Å². The molecule has 0 spiro atoms. The van der Waals surface area contributed by atoms with Crippen molar-refractivity contribution in [2.75, 3.05) is 12.4 Å². The Labute approximate surface area is 142 Å². The Morgan fingerprint density at radius 3 is 2.78 bits per heavy atom. The Morgan fingerprint density at radius 1 is 1.17 bits per heavy atom. The molecular weight excluding hydrogens is 328 g/mol. The van der Waals surface area contributed by atoms with Gasteiger partial charge in [-0.05, 0) is 48.2 Å². The summed E-state index contributed by atoms with van der Waals surface area (Å²) in [5.41, 5.74) is 2.11. The lowest BCUT2D eigenvalue weighted by Gasteiger charge is -2.14. The van der Waals surface area contributed by atoms with Crippen molar-refractivity contribution in [2.24, 2.45) is 5.10 Å². The van der Waals surface area contributed by atoms with Gasteiger partial charge in [0, 0.05) is 5.75 Å². The Kier molecular flexibility index (Phi) is 3.88. The van der Waals surface area contributed by atoms with Crippen molar-refractivity contribution in [1.82, 2.24) is 14.9 Å². The van der Waals surface area contributed by atoms with Crippen molar-refractivity contribution in [3.05, 3.63) is 47.3 Å². The first kappa shape index (κ1) is 14.5. The highest BCUT2D eigenvalue weighted by Gasteiger charge is 2.21. The number of fused-ring (bicyclic) bond motifs is 1. The number of aromatic nitrogens is 3. The van der Waals surface area contributed by atoms with E-state index in [2.05, 4.69) is 10.2 Å². The number of hydrogen-bond acceptors (Lipinski definition) is 6. The summed E-state index contributed by atoms with van der Waals surface area (Å²) in [6, 6.07) is 12.1. The zero-order valence-corrected chi connectivity index (χ0v) is 14.1. The lowest BCUT2D eigenvalue weighted by molar-refractivity contribution is 0.340. The van der Waals surface area contributed by atoms with Crippen molar-refractivity contribution >= 4 is 28.8 Å². The fourth-order valence-electron chi connectivity index (χ4n) is 2.34. The third kappa shape index (κ3) is 2.77. The second kappa shape index (κ2) is 6.17. The molecule has 3 aromatic rings. The van der Waals surface area contributed by atoms with Crippen LogP contribution in [0.15, 0.2) is 52.0 Å². The minimum Gasteiger partial charge on any atom is -0.494 e. The summed E-state index contributed by atoms with van der Waals surface area (Å²) >= 11 is 3.30. The zero-order chi connectivity index (χ0) is 15.6. The van der Waals surface area contributed by atoms with Crippen molar-refractivity contribution in [3.8, 4) is 16.5 Å². The van der Waals surface area contributed by atoms with Crippen LogP contribution in [0, 0.1) is 0 Å². The van der Waals surface area contributed by atoms with Crippen molar-refractivity contribution in [3.63, 3.8) is 0 Å². The number of thioether (sulfide) groups is 1. The van der Waals surface area contributed by atoms with E-state index in [1.807, 2.05) is 53.4 Å². The van der Waals surface area contributed by atoms with Gasteiger partial charge in [0.1, 0.15) is 5.75 Å². The van der Waals surface area contributed by atoms with Gasteiger partial charge >= 0.3 is 0 Å². The van der Waals surface area contributed by atoms with Crippen molar-refractivity contribution in [2.45, 2.75) is 12.1 Å². The fraction of sp³-hybridized carbons (Fsp3) is 0.188. The van der Waals surface area contributed by atoms with E-state index in [0.29, 0.717) is 6.61 Å². The third-order valence-corrected chi connectivity index (χ3v) is 5.21. The molecule has 2 aromatic heterocycles. The van der Waals surface area contributed by atoms with Crippen LogP contribution >= 0.6 is 23.1 Å². The largest absolute Gasteiger partial charge is 0.494 e. The van der Waals surface area contributed by atoms with Crippen molar-refractivity contribution < 1.29 is 4.74 Å². The van der Waals surface area contributed by atoms with Crippen LogP contribution in [0.4, 0.5) is 0 Å². The second-order valence-electron chi connectivity index (χ2n) is 4.89. The van der Waals surface area contributed by atoms with Crippen LogP contribution in [-0.4, -0.2) is 32.9 Å². The number of rotatable bonds is 4. The van der Waals surface area contributed by atoms with Gasteiger partial charge in [-0.3, -0.25) is 0 Å². The molecule has 1 aliphatic heterocycles. The molecule has 1 aliphatic rings. The SMILES string of the molecule is CCOc1ccc(C2=Nn3c(nnc3-c3cccs3)SC2)cc1. The molecule has 0 amide bonds. The first-order valence-electron chi connectivity index (χ1n) is 7.28. The van der Waals surface area contributed by atoms with Gasteiger partial charge in [-0.15, -0.1) is 21.5 Å². The Bertz CT molecular complexity index is 838. The Balaban J connectivity index is 1.70. The maximum atomic E-state index is 5.49. The molecular formula is C16H14N4OS2. The summed E-state index contributed by atoms with van der Waals surface area (Å²) in [5.74, 6) is 2.46. The smallest absolute Gasteiger partial charge is 0.212 e. The van der Waals surface area contributed by atoms with E-state index in [1.165, 1.54) is 0 Å². The fourth-order valence-corrected chi connectivity index (χ4v) is 3.87. The first-order valence-corrected chi connectivity index (χ1v) is 9.15. The van der Waals surface area contributed by atoms with Gasteiger partial charge in [0.15, 0.2) is 5.82 Å². The average Bonchev–Trinajstić information content (AvgIpc) is 3.24. The van der Waals surface area contributed by atoms with Crippen LogP contribution in [0.5, 0.6) is 5.75 Å². The number of benzene rings is 1. The van der Waals surface area contributed by atoms with Gasteiger partial charge in [0.2, 0.25) is 5.16 Å². The zero-order valence-electron chi connectivity index (χ0n) is 12.5. The molecule has 0 atom stereocenters. The molecule has 0 saturated heterocycles. The summed E-state index contributed by atoms with van der Waals surface area (Å²) in [6.45, 7) is 2.65. The predicted molar refractivity (Wildman–Crippen MR) is 93.6 cm³/mol. The molecule has 3 heterocycles. The van der Waals surface area contributed by atoms with Gasteiger partial charge in [0.05, 0.1) is 17.2 Å². The minimum atomic E-state index is 0.671. The highest BCUT2D eigenvalue weighted by Crippen LogP contribution is 2.30. The molecule has 0 fully saturated rings. The number of thiophene rings is 1. The number of nitrogens with zero attached hydrogens (tertiary/aromatic N) is 4. The van der Waals surface area contributed by atoms with Gasteiger partial charge < -0.3 is 4.74 Å². The molecule has 7 heteroatoms. The Morgan fingerprint density at radius 2 is 2.04 bits per heavy atom. The lowest BCUT2D eigenvalue weighted by Crippen LogP contribution is -2.13. The molecule has 23 heavy (non-hydrogen) atoms. The van der Waals surface area contributed by atoms with Gasteiger partial charge in [-0.1, -0.05) is 17.8 Å². The van der Waals surface area contributed by atoms with Crippen LogP contribution in [0.1, 0.15) is 12.5 Å². The maximum Gasteiger partial charge on any atom is 0.212 e. The van der Waals surface area contributed by atoms with Crippen LogP contribution in [0.25, 0.3) is 10.7 Å². The van der Waals surface area contributed by atoms with Gasteiger partial charge in [-0.2, -0.15) is 9.78 Å². The molecule has 1 aromatic carbocycles. The van der Waals surface area contributed by atoms with Crippen LogP contribution in [0.3, 0.4) is 0 Å². The highest BCUT2D eigenvalue weighted by atomic mass is 32.2. The topological polar surface area (TPSA) is 52.3 Å². The summed E-state index contributed by atoms with van der Waals surface area (Å²) in [6.07, 6.45) is 0. The summed E-state index contributed by atoms with van der Waals surface area (Å²) in [4.78, 5) is 1.07. The molecule has 0 radical (unpaired) electrons. The molecule has 4 rings (SSSR count). The van der Waals surface area contributed by atoms with Crippen LogP contribution in [-0.2, 0) is 0 Å². The quantitative estimate of drug-likeness (QED) is 0.724. The monoisotopic (exact) mass is 342 g/mol. The van der Waals surface area contributed by atoms with E-state index < -0.39 is 0 Å². The molecule has 0 unspecified atom stereocenters. The summed E-state index contributed by atoms with van der Waals surface area (Å²) < 4.78 is 7.33. The highest BCUT2D eigenvalue weighted by molar-refractivity contribution is 7.99. The van der Waals surface area contributed by atoms with E-state index in [9.17, 15) is 0 Å². The summed E-state index contributed by atoms with van der Waals surface area (Å²) in [5, 5.41) is 16.1. The average molecular weight is 342 g/mol. The van der Waals surface area contributed by atoms with Crippen LogP contribution in [0.2, 0.25) is 0 Å². The van der Waals surface area contributed by atoms with E-state index in [0.717, 1.165) is 38.6 Å². The van der Waals surface area contributed by atoms with Crippen LogP contribution < -0.4 is 4.74 Å². The van der Waals surface area contributed by atoms with Crippen molar-refractivity contribution in [1.29, 1.82) is 0 Å². The van der Waals surface area contributed by atoms with E-state index in [-0.39, 0.29) is 0 Å². The predicted octanol–water partition coefficient (Wildman–Crippen LogP) is 3.76. The lowest BCUT2D eigenvalue weighted by atomic mass is 10.1. The molecule has 5 nitrogen and oxygen atoms in total. The summed E-state index contributed by atoms with van der Waals surface area (Å²) in [7, 11) is 0. The third-order valence-electron chi connectivity index (χ3n) is 3.41. The maximum absolute atomic E-state index is 5.49. The second-order valence-corrected chi connectivity index (χ2v) is 6.78. The number of ether oxygens (including phenoxy) is 1. The minimum absolute atomic E-state index is 0.671. The first-order chi connectivity index (χ1) is 11.3. The Hall–Kier alpha value is -2.12. The van der Waals surface area contributed by atoms with Gasteiger partial charge in [0.25, 0.3) is 0 Å². The molecule has 116 valence electrons. The normalized spacial score (nSPS) is 13.5. The van der Waals surface area contributed by atoms with E-state index in [4.69, 9.17) is 9.84 Å². The molecule has 0 N–H and O–H groups in total.